The number of fused-ring (bicyclic) bond motifs is 1. The van der Waals surface area contributed by atoms with Gasteiger partial charge in [0.25, 0.3) is 0 Å². The van der Waals surface area contributed by atoms with Gasteiger partial charge in [-0.1, -0.05) is 6.07 Å². The Morgan fingerprint density at radius 3 is 2.73 bits per heavy atom. The van der Waals surface area contributed by atoms with Crippen molar-refractivity contribution in [2.24, 2.45) is 5.73 Å². The molecule has 0 amide bonds. The third-order valence-electron chi connectivity index (χ3n) is 2.47. The van der Waals surface area contributed by atoms with Gasteiger partial charge >= 0.3 is 5.51 Å². The number of thioether (sulfide) groups is 1. The molecule has 0 aliphatic heterocycles. The zero-order valence-corrected chi connectivity index (χ0v) is 8.66. The van der Waals surface area contributed by atoms with Crippen LogP contribution in [0.25, 0.3) is 0 Å². The quantitative estimate of drug-likeness (QED) is 0.753. The van der Waals surface area contributed by atoms with Crippen molar-refractivity contribution in [2.45, 2.75) is 29.3 Å². The number of hydrogen-bond acceptors (Lipinski definition) is 2. The van der Waals surface area contributed by atoms with Crippen LogP contribution in [0, 0.1) is 0 Å². The molecule has 0 spiro atoms. The van der Waals surface area contributed by atoms with Gasteiger partial charge in [0.05, 0.1) is 0 Å². The van der Waals surface area contributed by atoms with Crippen LogP contribution in [0.3, 0.4) is 0 Å². The van der Waals surface area contributed by atoms with Gasteiger partial charge in [0, 0.05) is 10.9 Å². The number of rotatable bonds is 1. The summed E-state index contributed by atoms with van der Waals surface area (Å²) in [5.41, 5.74) is 3.52. The molecule has 15 heavy (non-hydrogen) atoms. The highest BCUT2D eigenvalue weighted by Gasteiger charge is 2.30. The van der Waals surface area contributed by atoms with Gasteiger partial charge in [0.1, 0.15) is 0 Å². The molecule has 1 nitrogen and oxygen atoms in total. The predicted molar refractivity (Wildman–Crippen MR) is 53.6 cm³/mol. The van der Waals surface area contributed by atoms with E-state index in [1.54, 1.807) is 12.1 Å². The molecule has 1 aromatic carbocycles. The van der Waals surface area contributed by atoms with Gasteiger partial charge in [-0.2, -0.15) is 13.2 Å². The van der Waals surface area contributed by atoms with Crippen LogP contribution in [0.2, 0.25) is 0 Å². The first kappa shape index (κ1) is 10.8. The Hall–Kier alpha value is -0.680. The van der Waals surface area contributed by atoms with Crippen LogP contribution in [0.15, 0.2) is 23.1 Å². The third-order valence-corrected chi connectivity index (χ3v) is 3.19. The number of alkyl halides is 3. The average Bonchev–Trinajstić information content (AvgIpc) is 2.45. The lowest BCUT2D eigenvalue weighted by Gasteiger charge is -2.08. The zero-order chi connectivity index (χ0) is 11.1. The Kier molecular flexibility index (Phi) is 2.68. The summed E-state index contributed by atoms with van der Waals surface area (Å²) in [7, 11) is 0. The first-order chi connectivity index (χ1) is 6.96. The topological polar surface area (TPSA) is 26.0 Å². The SMILES string of the molecule is NC1CCc2cc(SC(F)(F)F)ccc21. The number of nitrogens with two attached hydrogens (primary N) is 1. The Morgan fingerprint density at radius 2 is 2.07 bits per heavy atom. The zero-order valence-electron chi connectivity index (χ0n) is 7.84. The first-order valence-corrected chi connectivity index (χ1v) is 5.41. The van der Waals surface area contributed by atoms with E-state index in [4.69, 9.17) is 5.73 Å². The smallest absolute Gasteiger partial charge is 0.324 e. The van der Waals surface area contributed by atoms with E-state index in [0.717, 1.165) is 24.0 Å². The fourth-order valence-corrected chi connectivity index (χ4v) is 2.43. The summed E-state index contributed by atoms with van der Waals surface area (Å²) in [6.07, 6.45) is 1.61. The normalized spacial score (nSPS) is 20.4. The molecule has 5 heteroatoms. The lowest BCUT2D eigenvalue weighted by Crippen LogP contribution is -2.05. The van der Waals surface area contributed by atoms with E-state index in [1.165, 1.54) is 6.07 Å². The standard InChI is InChI=1S/C10H10F3NS/c11-10(12,13)15-7-2-3-8-6(5-7)1-4-9(8)14/h2-3,5,9H,1,4,14H2. The molecular formula is C10H10F3NS. The van der Waals surface area contributed by atoms with Crippen molar-refractivity contribution in [3.8, 4) is 0 Å². The molecule has 1 atom stereocenters. The lowest BCUT2D eigenvalue weighted by molar-refractivity contribution is -0.0328. The van der Waals surface area contributed by atoms with Crippen LogP contribution in [-0.4, -0.2) is 5.51 Å². The Labute approximate surface area is 89.8 Å². The molecule has 1 aromatic rings. The van der Waals surface area contributed by atoms with Gasteiger partial charge in [-0.3, -0.25) is 0 Å². The second-order valence-corrected chi connectivity index (χ2v) is 4.69. The summed E-state index contributed by atoms with van der Waals surface area (Å²) in [5.74, 6) is 0. The molecule has 0 bridgehead atoms. The molecule has 1 aliphatic carbocycles. The lowest BCUT2D eigenvalue weighted by atomic mass is 10.1. The molecule has 0 saturated heterocycles. The van der Waals surface area contributed by atoms with Crippen LogP contribution < -0.4 is 5.73 Å². The molecule has 0 heterocycles. The van der Waals surface area contributed by atoms with Crippen molar-refractivity contribution in [1.29, 1.82) is 0 Å². The summed E-state index contributed by atoms with van der Waals surface area (Å²) in [5, 5.41) is 0. The second kappa shape index (κ2) is 3.72. The highest BCUT2D eigenvalue weighted by molar-refractivity contribution is 8.00. The summed E-state index contributed by atoms with van der Waals surface area (Å²) < 4.78 is 36.3. The number of benzene rings is 1. The van der Waals surface area contributed by atoms with Crippen LogP contribution in [0.5, 0.6) is 0 Å². The number of hydrogen-bond donors (Lipinski definition) is 1. The fraction of sp³-hybridized carbons (Fsp3) is 0.400. The Balaban J connectivity index is 2.24. The summed E-state index contributed by atoms with van der Waals surface area (Å²) in [6, 6.07) is 4.79. The van der Waals surface area contributed by atoms with E-state index in [-0.39, 0.29) is 22.7 Å². The molecule has 2 N–H and O–H groups in total. The predicted octanol–water partition coefficient (Wildman–Crippen LogP) is 3.24. The molecule has 0 radical (unpaired) electrons. The minimum atomic E-state index is -4.21. The summed E-state index contributed by atoms with van der Waals surface area (Å²) in [6.45, 7) is 0. The fourth-order valence-electron chi connectivity index (χ4n) is 1.82. The van der Waals surface area contributed by atoms with Crippen molar-refractivity contribution in [3.63, 3.8) is 0 Å². The van der Waals surface area contributed by atoms with Gasteiger partial charge in [0.15, 0.2) is 0 Å². The van der Waals surface area contributed by atoms with E-state index in [2.05, 4.69) is 0 Å². The molecule has 1 aliphatic rings. The largest absolute Gasteiger partial charge is 0.446 e. The molecule has 2 rings (SSSR count). The Bertz CT molecular complexity index is 375. The average molecular weight is 233 g/mol. The number of halogens is 3. The molecule has 0 fully saturated rings. The van der Waals surface area contributed by atoms with Crippen LogP contribution >= 0.6 is 11.8 Å². The first-order valence-electron chi connectivity index (χ1n) is 4.60. The van der Waals surface area contributed by atoms with E-state index in [0.29, 0.717) is 0 Å². The monoisotopic (exact) mass is 233 g/mol. The van der Waals surface area contributed by atoms with Gasteiger partial charge in [-0.25, -0.2) is 0 Å². The second-order valence-electron chi connectivity index (χ2n) is 3.55. The van der Waals surface area contributed by atoms with Crippen LogP contribution in [0.1, 0.15) is 23.6 Å². The van der Waals surface area contributed by atoms with Gasteiger partial charge in [-0.15, -0.1) is 0 Å². The Morgan fingerprint density at radius 1 is 1.33 bits per heavy atom. The van der Waals surface area contributed by atoms with Crippen molar-refractivity contribution in [2.75, 3.05) is 0 Å². The van der Waals surface area contributed by atoms with E-state index in [1.807, 2.05) is 0 Å². The third kappa shape index (κ3) is 2.46. The summed E-state index contributed by atoms with van der Waals surface area (Å²) in [4.78, 5) is 0.246. The van der Waals surface area contributed by atoms with E-state index < -0.39 is 5.51 Å². The van der Waals surface area contributed by atoms with Crippen molar-refractivity contribution in [3.05, 3.63) is 29.3 Å². The van der Waals surface area contributed by atoms with E-state index >= 15 is 0 Å². The van der Waals surface area contributed by atoms with Gasteiger partial charge in [-0.05, 0) is 47.9 Å². The van der Waals surface area contributed by atoms with Crippen LogP contribution in [0.4, 0.5) is 13.2 Å². The van der Waals surface area contributed by atoms with Crippen LogP contribution in [-0.2, 0) is 6.42 Å². The highest BCUT2D eigenvalue weighted by Crippen LogP contribution is 2.39. The minimum Gasteiger partial charge on any atom is -0.324 e. The summed E-state index contributed by atoms with van der Waals surface area (Å²) >= 11 is -0.0728. The maximum Gasteiger partial charge on any atom is 0.446 e. The minimum absolute atomic E-state index is 0.00932. The number of aryl methyl sites for hydroxylation is 1. The molecule has 0 aromatic heterocycles. The highest BCUT2D eigenvalue weighted by atomic mass is 32.2. The molecule has 82 valence electrons. The van der Waals surface area contributed by atoms with Gasteiger partial charge < -0.3 is 5.73 Å². The van der Waals surface area contributed by atoms with Crippen molar-refractivity contribution in [1.82, 2.24) is 0 Å². The maximum absolute atomic E-state index is 12.1. The molecular weight excluding hydrogens is 223 g/mol. The molecule has 1 unspecified atom stereocenters. The van der Waals surface area contributed by atoms with Crippen molar-refractivity contribution < 1.29 is 13.2 Å². The van der Waals surface area contributed by atoms with E-state index in [9.17, 15) is 13.2 Å². The molecule has 0 saturated carbocycles. The van der Waals surface area contributed by atoms with Crippen molar-refractivity contribution >= 4 is 11.8 Å². The maximum atomic E-state index is 12.1. The van der Waals surface area contributed by atoms with Gasteiger partial charge in [0.2, 0.25) is 0 Å².